The predicted octanol–water partition coefficient (Wildman–Crippen LogP) is 5.75. The lowest BCUT2D eigenvalue weighted by Crippen LogP contribution is -2.24. The van der Waals surface area contributed by atoms with Gasteiger partial charge in [-0.25, -0.2) is 0 Å². The van der Waals surface area contributed by atoms with Crippen molar-refractivity contribution in [2.24, 2.45) is 5.92 Å². The Hall–Kier alpha value is -1.89. The zero-order chi connectivity index (χ0) is 16.4. The highest BCUT2D eigenvalue weighted by Gasteiger charge is 2.29. The van der Waals surface area contributed by atoms with E-state index in [-0.39, 0.29) is 5.92 Å². The molecule has 0 bridgehead atoms. The van der Waals surface area contributed by atoms with Crippen molar-refractivity contribution in [1.82, 2.24) is 0 Å². The van der Waals surface area contributed by atoms with Crippen LogP contribution in [0.15, 0.2) is 48.5 Å². The lowest BCUT2D eigenvalue weighted by molar-refractivity contribution is 0.0889. The Morgan fingerprint density at radius 1 is 1.00 bits per heavy atom. The first kappa shape index (κ1) is 16.0. The Morgan fingerprint density at radius 3 is 2.43 bits per heavy atom. The SMILES string of the molecule is CC(C)c1ccc2c(c1)C(=O)C(CC(C)c1ccccc1)CC2. The number of fused-ring (bicyclic) bond motifs is 1. The number of ketones is 1. The molecule has 0 heterocycles. The minimum Gasteiger partial charge on any atom is -0.294 e. The van der Waals surface area contributed by atoms with Crippen LogP contribution in [0, 0.1) is 5.92 Å². The Balaban J connectivity index is 1.79. The minimum absolute atomic E-state index is 0.167. The zero-order valence-corrected chi connectivity index (χ0v) is 14.4. The summed E-state index contributed by atoms with van der Waals surface area (Å²) in [5.74, 6) is 1.42. The molecule has 1 nitrogen and oxygen atoms in total. The highest BCUT2D eigenvalue weighted by atomic mass is 16.1. The summed E-state index contributed by atoms with van der Waals surface area (Å²) < 4.78 is 0. The van der Waals surface area contributed by atoms with E-state index in [0.29, 0.717) is 17.6 Å². The molecule has 3 rings (SSSR count). The molecular weight excluding hydrogens is 280 g/mol. The molecule has 0 spiro atoms. The molecule has 0 saturated carbocycles. The monoisotopic (exact) mass is 306 g/mol. The molecule has 2 atom stereocenters. The Kier molecular flexibility index (Phi) is 4.66. The van der Waals surface area contributed by atoms with Crippen molar-refractivity contribution in [2.45, 2.75) is 51.9 Å². The van der Waals surface area contributed by atoms with Crippen LogP contribution in [0.5, 0.6) is 0 Å². The molecular formula is C22H26O. The Bertz CT molecular complexity index is 684. The van der Waals surface area contributed by atoms with Gasteiger partial charge in [0.2, 0.25) is 0 Å². The van der Waals surface area contributed by atoms with E-state index in [0.717, 1.165) is 24.8 Å². The second kappa shape index (κ2) is 6.70. The van der Waals surface area contributed by atoms with Gasteiger partial charge in [0.1, 0.15) is 0 Å². The molecule has 2 unspecified atom stereocenters. The van der Waals surface area contributed by atoms with E-state index in [9.17, 15) is 4.79 Å². The van der Waals surface area contributed by atoms with Crippen LogP contribution in [0.4, 0.5) is 0 Å². The van der Waals surface area contributed by atoms with Crippen molar-refractivity contribution < 1.29 is 4.79 Å². The van der Waals surface area contributed by atoms with E-state index in [4.69, 9.17) is 0 Å². The molecule has 1 heteroatoms. The van der Waals surface area contributed by atoms with Gasteiger partial charge < -0.3 is 0 Å². The first-order valence-electron chi connectivity index (χ1n) is 8.78. The van der Waals surface area contributed by atoms with Crippen LogP contribution in [-0.4, -0.2) is 5.78 Å². The third-order valence-corrected chi connectivity index (χ3v) is 5.21. The number of carbonyl (C=O) groups is 1. The van der Waals surface area contributed by atoms with E-state index >= 15 is 0 Å². The number of carbonyl (C=O) groups excluding carboxylic acids is 1. The van der Waals surface area contributed by atoms with Crippen LogP contribution in [0.3, 0.4) is 0 Å². The fraction of sp³-hybridized carbons (Fsp3) is 0.409. The molecule has 0 aromatic heterocycles. The van der Waals surface area contributed by atoms with E-state index in [1.165, 1.54) is 16.7 Å². The number of benzene rings is 2. The number of hydrogen-bond donors (Lipinski definition) is 0. The van der Waals surface area contributed by atoms with Crippen LogP contribution in [0.1, 0.15) is 72.5 Å². The fourth-order valence-electron chi connectivity index (χ4n) is 3.65. The van der Waals surface area contributed by atoms with Crippen LogP contribution in [0.25, 0.3) is 0 Å². The van der Waals surface area contributed by atoms with Crippen LogP contribution >= 0.6 is 0 Å². The maximum absolute atomic E-state index is 13.0. The van der Waals surface area contributed by atoms with Gasteiger partial charge in [-0.15, -0.1) is 0 Å². The molecule has 2 aromatic carbocycles. The van der Waals surface area contributed by atoms with Crippen molar-refractivity contribution in [3.8, 4) is 0 Å². The molecule has 0 fully saturated rings. The summed E-state index contributed by atoms with van der Waals surface area (Å²) in [7, 11) is 0. The molecule has 120 valence electrons. The van der Waals surface area contributed by atoms with Gasteiger partial charge in [-0.05, 0) is 53.9 Å². The third kappa shape index (κ3) is 3.39. The van der Waals surface area contributed by atoms with Crippen molar-refractivity contribution in [1.29, 1.82) is 0 Å². The van der Waals surface area contributed by atoms with E-state index < -0.39 is 0 Å². The topological polar surface area (TPSA) is 17.1 Å². The summed E-state index contributed by atoms with van der Waals surface area (Å²) in [6.07, 6.45) is 2.98. The molecule has 1 aliphatic rings. The predicted molar refractivity (Wildman–Crippen MR) is 96.1 cm³/mol. The second-order valence-corrected chi connectivity index (χ2v) is 7.22. The summed E-state index contributed by atoms with van der Waals surface area (Å²) in [6, 6.07) is 17.0. The number of aryl methyl sites for hydroxylation is 1. The average molecular weight is 306 g/mol. The normalized spacial score (nSPS) is 18.8. The molecule has 23 heavy (non-hydrogen) atoms. The van der Waals surface area contributed by atoms with Crippen LogP contribution in [-0.2, 0) is 6.42 Å². The lowest BCUT2D eigenvalue weighted by Gasteiger charge is -2.26. The second-order valence-electron chi connectivity index (χ2n) is 7.22. The third-order valence-electron chi connectivity index (χ3n) is 5.21. The number of hydrogen-bond acceptors (Lipinski definition) is 1. The van der Waals surface area contributed by atoms with E-state index in [2.05, 4.69) is 63.2 Å². The van der Waals surface area contributed by atoms with Gasteiger partial charge in [0, 0.05) is 11.5 Å². The zero-order valence-electron chi connectivity index (χ0n) is 14.4. The van der Waals surface area contributed by atoms with Crippen molar-refractivity contribution in [3.05, 3.63) is 70.8 Å². The van der Waals surface area contributed by atoms with Gasteiger partial charge in [-0.1, -0.05) is 63.2 Å². The van der Waals surface area contributed by atoms with Gasteiger partial charge in [0.15, 0.2) is 5.78 Å². The molecule has 0 N–H and O–H groups in total. The summed E-state index contributed by atoms with van der Waals surface area (Å²) in [4.78, 5) is 13.0. The first-order chi connectivity index (χ1) is 11.1. The fourth-order valence-corrected chi connectivity index (χ4v) is 3.65. The maximum Gasteiger partial charge on any atom is 0.166 e. The van der Waals surface area contributed by atoms with Gasteiger partial charge in [0.25, 0.3) is 0 Å². The molecule has 2 aromatic rings. The summed E-state index contributed by atoms with van der Waals surface area (Å²) in [5.41, 5.74) is 4.83. The standard InChI is InChI=1S/C22H26O/c1-15(2)19-11-9-18-10-12-20(22(23)21(18)14-19)13-16(3)17-7-5-4-6-8-17/h4-9,11,14-16,20H,10,12-13H2,1-3H3. The smallest absolute Gasteiger partial charge is 0.166 e. The Morgan fingerprint density at radius 2 is 1.74 bits per heavy atom. The van der Waals surface area contributed by atoms with E-state index in [1.807, 2.05) is 6.07 Å². The molecule has 0 radical (unpaired) electrons. The van der Waals surface area contributed by atoms with Crippen LogP contribution in [0.2, 0.25) is 0 Å². The quantitative estimate of drug-likeness (QED) is 0.703. The van der Waals surface area contributed by atoms with Crippen molar-refractivity contribution in [3.63, 3.8) is 0 Å². The molecule has 1 aliphatic carbocycles. The molecule has 0 aliphatic heterocycles. The average Bonchev–Trinajstić information content (AvgIpc) is 2.58. The van der Waals surface area contributed by atoms with Crippen molar-refractivity contribution >= 4 is 5.78 Å². The number of rotatable bonds is 4. The largest absolute Gasteiger partial charge is 0.294 e. The summed E-state index contributed by atoms with van der Waals surface area (Å²) in [6.45, 7) is 6.61. The van der Waals surface area contributed by atoms with Crippen molar-refractivity contribution in [2.75, 3.05) is 0 Å². The van der Waals surface area contributed by atoms with E-state index in [1.54, 1.807) is 0 Å². The summed E-state index contributed by atoms with van der Waals surface area (Å²) in [5, 5.41) is 0. The van der Waals surface area contributed by atoms with Gasteiger partial charge in [0.05, 0.1) is 0 Å². The van der Waals surface area contributed by atoms with Gasteiger partial charge in [-0.3, -0.25) is 4.79 Å². The number of Topliss-reactive ketones (excluding diaryl/α,β-unsaturated/α-hetero) is 1. The van der Waals surface area contributed by atoms with Gasteiger partial charge in [-0.2, -0.15) is 0 Å². The highest BCUT2D eigenvalue weighted by Crippen LogP contribution is 2.34. The molecule has 0 amide bonds. The maximum atomic E-state index is 13.0. The van der Waals surface area contributed by atoms with Crippen LogP contribution < -0.4 is 0 Å². The summed E-state index contributed by atoms with van der Waals surface area (Å²) >= 11 is 0. The lowest BCUT2D eigenvalue weighted by atomic mass is 9.76. The Labute approximate surface area is 139 Å². The highest BCUT2D eigenvalue weighted by molar-refractivity contribution is 6.00. The van der Waals surface area contributed by atoms with Gasteiger partial charge >= 0.3 is 0 Å². The minimum atomic E-state index is 0.167. The molecule has 0 saturated heterocycles. The first-order valence-corrected chi connectivity index (χ1v) is 8.78.